The van der Waals surface area contributed by atoms with Crippen LogP contribution in [0.3, 0.4) is 0 Å². The van der Waals surface area contributed by atoms with Crippen molar-refractivity contribution in [2.24, 2.45) is 0 Å². The van der Waals surface area contributed by atoms with Crippen molar-refractivity contribution < 1.29 is 28.5 Å². The number of anilines is 1. The van der Waals surface area contributed by atoms with E-state index in [9.17, 15) is 9.59 Å². The first-order valence-corrected chi connectivity index (χ1v) is 11.2. The molecule has 172 valence electrons. The van der Waals surface area contributed by atoms with Crippen LogP contribution in [0, 0.1) is 0 Å². The predicted molar refractivity (Wildman–Crippen MR) is 122 cm³/mol. The first-order valence-electron chi connectivity index (χ1n) is 11.2. The number of benzene rings is 2. The molecule has 2 aromatic carbocycles. The summed E-state index contributed by atoms with van der Waals surface area (Å²) >= 11 is 0. The first kappa shape index (κ1) is 21.3. The van der Waals surface area contributed by atoms with Gasteiger partial charge in [-0.15, -0.1) is 0 Å². The Morgan fingerprint density at radius 2 is 1.70 bits per heavy atom. The lowest BCUT2D eigenvalue weighted by molar-refractivity contribution is -0.142. The largest absolute Gasteiger partial charge is 0.490 e. The molecule has 0 N–H and O–H groups in total. The maximum Gasteiger partial charge on any atom is 0.265 e. The van der Waals surface area contributed by atoms with E-state index in [2.05, 4.69) is 0 Å². The number of morpholine rings is 1. The molecule has 2 amide bonds. The van der Waals surface area contributed by atoms with Crippen molar-refractivity contribution >= 4 is 23.6 Å². The summed E-state index contributed by atoms with van der Waals surface area (Å²) in [4.78, 5) is 29.6. The Bertz CT molecular complexity index is 1060. The van der Waals surface area contributed by atoms with Crippen molar-refractivity contribution in [3.05, 3.63) is 54.1 Å². The third-order valence-electron chi connectivity index (χ3n) is 5.83. The molecule has 1 unspecified atom stereocenters. The molecule has 1 saturated heterocycles. The Hall–Kier alpha value is -3.52. The Labute approximate surface area is 192 Å². The number of carbonyl (C=O) groups is 2. The van der Waals surface area contributed by atoms with Crippen molar-refractivity contribution in [1.82, 2.24) is 4.90 Å². The van der Waals surface area contributed by atoms with Crippen LogP contribution < -0.4 is 19.1 Å². The highest BCUT2D eigenvalue weighted by Gasteiger charge is 2.35. The van der Waals surface area contributed by atoms with Gasteiger partial charge in [-0.2, -0.15) is 0 Å². The fourth-order valence-electron chi connectivity index (χ4n) is 4.10. The third kappa shape index (κ3) is 4.66. The Morgan fingerprint density at radius 1 is 0.909 bits per heavy atom. The van der Waals surface area contributed by atoms with E-state index in [1.807, 2.05) is 36.4 Å². The maximum absolute atomic E-state index is 13.2. The number of fused-ring (bicyclic) bond motifs is 2. The number of amides is 2. The Kier molecular flexibility index (Phi) is 6.17. The molecule has 8 heteroatoms. The van der Waals surface area contributed by atoms with Crippen molar-refractivity contribution in [3.63, 3.8) is 0 Å². The van der Waals surface area contributed by atoms with Crippen LogP contribution >= 0.6 is 0 Å². The van der Waals surface area contributed by atoms with E-state index in [0.717, 1.165) is 12.0 Å². The van der Waals surface area contributed by atoms with Crippen LogP contribution in [-0.4, -0.2) is 68.9 Å². The zero-order valence-corrected chi connectivity index (χ0v) is 18.3. The highest BCUT2D eigenvalue weighted by Crippen LogP contribution is 2.34. The van der Waals surface area contributed by atoms with E-state index in [1.54, 1.807) is 21.9 Å². The van der Waals surface area contributed by atoms with Crippen LogP contribution in [0.5, 0.6) is 17.2 Å². The minimum absolute atomic E-state index is 0.127. The minimum Gasteiger partial charge on any atom is -0.490 e. The summed E-state index contributed by atoms with van der Waals surface area (Å²) in [5.41, 5.74) is 1.48. The molecule has 8 nitrogen and oxygen atoms in total. The monoisotopic (exact) mass is 450 g/mol. The summed E-state index contributed by atoms with van der Waals surface area (Å²) in [5.74, 6) is 1.56. The Balaban J connectivity index is 1.35. The number of para-hydroxylation sites is 2. The highest BCUT2D eigenvalue weighted by atomic mass is 16.5. The number of hydrogen-bond acceptors (Lipinski definition) is 6. The summed E-state index contributed by atoms with van der Waals surface area (Å²) in [6.07, 6.45) is 3.33. The molecule has 0 aromatic heterocycles. The zero-order valence-electron chi connectivity index (χ0n) is 18.3. The highest BCUT2D eigenvalue weighted by molar-refractivity contribution is 6.05. The van der Waals surface area contributed by atoms with Gasteiger partial charge in [-0.05, 0) is 35.9 Å². The second kappa shape index (κ2) is 9.54. The SMILES string of the molecule is O=C(C1CN(C(=O)/C=C/c2ccc3c(c2)OCCCO3)c2ccccc2O1)N1CCOCC1. The molecule has 3 heterocycles. The van der Waals surface area contributed by atoms with E-state index in [0.29, 0.717) is 62.5 Å². The van der Waals surface area contributed by atoms with Gasteiger partial charge in [0, 0.05) is 25.6 Å². The van der Waals surface area contributed by atoms with E-state index >= 15 is 0 Å². The lowest BCUT2D eigenvalue weighted by atomic mass is 10.1. The van der Waals surface area contributed by atoms with Gasteiger partial charge >= 0.3 is 0 Å². The van der Waals surface area contributed by atoms with Crippen LogP contribution in [0.4, 0.5) is 5.69 Å². The standard InChI is InChI=1S/C25H26N2O6/c28-24(9-7-18-6-8-21-22(16-18)32-13-3-12-31-21)27-17-23(25(29)26-10-14-30-15-11-26)33-20-5-2-1-4-19(20)27/h1-2,4-9,16,23H,3,10-15,17H2/b9-7+. The zero-order chi connectivity index (χ0) is 22.6. The molecule has 5 rings (SSSR count). The summed E-state index contributed by atoms with van der Waals surface area (Å²) in [5, 5.41) is 0. The van der Waals surface area contributed by atoms with Gasteiger partial charge in [-0.1, -0.05) is 18.2 Å². The first-order chi connectivity index (χ1) is 16.2. The second-order valence-electron chi connectivity index (χ2n) is 8.05. The van der Waals surface area contributed by atoms with Crippen LogP contribution in [0.15, 0.2) is 48.5 Å². The van der Waals surface area contributed by atoms with Crippen LogP contribution in [0.2, 0.25) is 0 Å². The number of ether oxygens (including phenoxy) is 4. The number of nitrogens with zero attached hydrogens (tertiary/aromatic N) is 2. The molecule has 0 radical (unpaired) electrons. The topological polar surface area (TPSA) is 77.5 Å². The smallest absolute Gasteiger partial charge is 0.265 e. The lowest BCUT2D eigenvalue weighted by Crippen LogP contribution is -2.53. The average molecular weight is 450 g/mol. The number of rotatable bonds is 3. The summed E-state index contributed by atoms with van der Waals surface area (Å²) in [7, 11) is 0. The molecule has 2 aromatic rings. The van der Waals surface area contributed by atoms with Crippen molar-refractivity contribution in [3.8, 4) is 17.2 Å². The molecule has 33 heavy (non-hydrogen) atoms. The van der Waals surface area contributed by atoms with Crippen LogP contribution in [-0.2, 0) is 14.3 Å². The van der Waals surface area contributed by atoms with Gasteiger partial charge in [0.25, 0.3) is 11.8 Å². The van der Waals surface area contributed by atoms with Gasteiger partial charge in [0.15, 0.2) is 17.6 Å². The lowest BCUT2D eigenvalue weighted by Gasteiger charge is -2.37. The van der Waals surface area contributed by atoms with Crippen molar-refractivity contribution in [1.29, 1.82) is 0 Å². The molecule has 1 atom stereocenters. The molecule has 0 bridgehead atoms. The minimum atomic E-state index is -0.756. The van der Waals surface area contributed by atoms with E-state index in [1.165, 1.54) is 6.08 Å². The average Bonchev–Trinajstić information content (AvgIpc) is 3.11. The molecular weight excluding hydrogens is 424 g/mol. The molecule has 0 spiro atoms. The third-order valence-corrected chi connectivity index (χ3v) is 5.83. The maximum atomic E-state index is 13.2. The normalized spacial score (nSPS) is 20.1. The summed E-state index contributed by atoms with van der Waals surface area (Å²) in [6, 6.07) is 12.9. The van der Waals surface area contributed by atoms with Gasteiger partial charge in [-0.3, -0.25) is 9.59 Å². The number of carbonyl (C=O) groups excluding carboxylic acids is 2. The molecule has 3 aliphatic rings. The molecule has 0 saturated carbocycles. The van der Waals surface area contributed by atoms with Gasteiger partial charge in [-0.25, -0.2) is 0 Å². The predicted octanol–water partition coefficient (Wildman–Crippen LogP) is 2.51. The summed E-state index contributed by atoms with van der Waals surface area (Å²) < 4.78 is 22.7. The van der Waals surface area contributed by atoms with E-state index in [4.69, 9.17) is 18.9 Å². The second-order valence-corrected chi connectivity index (χ2v) is 8.05. The van der Waals surface area contributed by atoms with Crippen LogP contribution in [0.1, 0.15) is 12.0 Å². The van der Waals surface area contributed by atoms with Crippen molar-refractivity contribution in [2.75, 3.05) is 51.0 Å². The van der Waals surface area contributed by atoms with Gasteiger partial charge in [0.05, 0.1) is 38.7 Å². The molecular formula is C25H26N2O6. The molecule has 3 aliphatic heterocycles. The fourth-order valence-corrected chi connectivity index (χ4v) is 4.10. The quantitative estimate of drug-likeness (QED) is 0.669. The fraction of sp³-hybridized carbons (Fsp3) is 0.360. The number of hydrogen-bond donors (Lipinski definition) is 0. The van der Waals surface area contributed by atoms with Gasteiger partial charge < -0.3 is 28.7 Å². The van der Waals surface area contributed by atoms with Gasteiger partial charge in [0.1, 0.15) is 5.75 Å². The summed E-state index contributed by atoms with van der Waals surface area (Å²) in [6.45, 7) is 3.45. The molecule has 0 aliphatic carbocycles. The van der Waals surface area contributed by atoms with Crippen molar-refractivity contribution in [2.45, 2.75) is 12.5 Å². The van der Waals surface area contributed by atoms with Crippen LogP contribution in [0.25, 0.3) is 6.08 Å². The van der Waals surface area contributed by atoms with E-state index < -0.39 is 6.10 Å². The molecule has 1 fully saturated rings. The van der Waals surface area contributed by atoms with E-state index in [-0.39, 0.29) is 18.4 Å². The Morgan fingerprint density at radius 3 is 2.55 bits per heavy atom. The van der Waals surface area contributed by atoms with Gasteiger partial charge in [0.2, 0.25) is 0 Å².